The molecule has 0 N–H and O–H groups in total. The van der Waals surface area contributed by atoms with Crippen LogP contribution in [0.4, 0.5) is 13.2 Å². The van der Waals surface area contributed by atoms with E-state index >= 15 is 0 Å². The lowest BCUT2D eigenvalue weighted by Gasteiger charge is -2.08. The zero-order valence-corrected chi connectivity index (χ0v) is 13.8. The molecule has 2 aromatic rings. The standard InChI is InChI=1S/C18H10ClF3N2O2/c19-11-7-5-10(6-8-11)16-14-15(12-3-1-2-4-13(12)26-16)23-24(17(14)25)9-18(20,21)22/h1-8H,9H2. The number of para-hydroxylation sites is 1. The van der Waals surface area contributed by atoms with E-state index < -0.39 is 18.3 Å². The first-order chi connectivity index (χ1) is 12.3. The molecular weight excluding hydrogens is 369 g/mol. The average molecular weight is 379 g/mol. The average Bonchev–Trinajstić information content (AvgIpc) is 2.90. The van der Waals surface area contributed by atoms with Crippen LogP contribution in [0.5, 0.6) is 0 Å². The van der Waals surface area contributed by atoms with Crippen molar-refractivity contribution in [2.24, 2.45) is 0 Å². The SMILES string of the molecule is O=c1c2c(-c3ccc(Cl)cc3)oc3ccccc3c-2nn1CC(F)(F)F. The molecule has 8 heteroatoms. The van der Waals surface area contributed by atoms with Gasteiger partial charge in [-0.1, -0.05) is 23.7 Å². The summed E-state index contributed by atoms with van der Waals surface area (Å²) < 4.78 is 44.7. The van der Waals surface area contributed by atoms with Crippen LogP contribution in [0.3, 0.4) is 0 Å². The fraction of sp³-hybridized carbons (Fsp3) is 0.111. The van der Waals surface area contributed by atoms with Gasteiger partial charge in [-0.15, -0.1) is 0 Å². The smallest absolute Gasteiger partial charge is 0.408 e. The summed E-state index contributed by atoms with van der Waals surface area (Å²) in [5.74, 6) is 0.161. The highest BCUT2D eigenvalue weighted by Gasteiger charge is 2.33. The second kappa shape index (κ2) is 5.88. The quantitative estimate of drug-likeness (QED) is 0.494. The second-order valence-corrected chi connectivity index (χ2v) is 6.17. The van der Waals surface area contributed by atoms with Gasteiger partial charge < -0.3 is 4.42 Å². The molecular formula is C18H10ClF3N2O2. The van der Waals surface area contributed by atoms with Gasteiger partial charge in [0.15, 0.2) is 0 Å². The minimum absolute atomic E-state index is 0.00951. The topological polar surface area (TPSA) is 48.0 Å². The summed E-state index contributed by atoms with van der Waals surface area (Å²) in [4.78, 5) is 12.6. The third-order valence-corrected chi connectivity index (χ3v) is 4.17. The van der Waals surface area contributed by atoms with Crippen LogP contribution in [0.2, 0.25) is 5.02 Å². The summed E-state index contributed by atoms with van der Waals surface area (Å²) in [7, 11) is 0. The summed E-state index contributed by atoms with van der Waals surface area (Å²) in [6.07, 6.45) is -4.56. The number of aromatic nitrogens is 2. The maximum Gasteiger partial charge on any atom is 0.408 e. The lowest BCUT2D eigenvalue weighted by Crippen LogP contribution is -2.26. The van der Waals surface area contributed by atoms with Gasteiger partial charge in [-0.3, -0.25) is 4.79 Å². The van der Waals surface area contributed by atoms with Crippen molar-refractivity contribution in [1.29, 1.82) is 0 Å². The number of halogens is 4. The normalized spacial score (nSPS) is 12.2. The highest BCUT2D eigenvalue weighted by atomic mass is 35.5. The number of hydrogen-bond donors (Lipinski definition) is 0. The number of rotatable bonds is 2. The third kappa shape index (κ3) is 2.84. The maximum absolute atomic E-state index is 12.8. The van der Waals surface area contributed by atoms with Crippen molar-refractivity contribution in [3.05, 3.63) is 63.9 Å². The first-order valence-electron chi connectivity index (χ1n) is 7.58. The van der Waals surface area contributed by atoms with E-state index in [1.807, 2.05) is 0 Å². The molecule has 0 spiro atoms. The molecule has 132 valence electrons. The molecule has 2 heterocycles. The van der Waals surface area contributed by atoms with Crippen LogP contribution in [0.15, 0.2) is 57.7 Å². The fourth-order valence-corrected chi connectivity index (χ4v) is 2.96. The number of hydrogen-bond acceptors (Lipinski definition) is 3. The van der Waals surface area contributed by atoms with Crippen LogP contribution in [0.25, 0.3) is 33.6 Å². The molecule has 4 rings (SSSR count). The van der Waals surface area contributed by atoms with Crippen LogP contribution >= 0.6 is 11.6 Å². The van der Waals surface area contributed by atoms with E-state index in [9.17, 15) is 18.0 Å². The zero-order chi connectivity index (χ0) is 18.5. The van der Waals surface area contributed by atoms with Gasteiger partial charge in [-0.2, -0.15) is 18.3 Å². The van der Waals surface area contributed by atoms with E-state index in [1.54, 1.807) is 48.5 Å². The molecule has 2 aliphatic heterocycles. The van der Waals surface area contributed by atoms with Gasteiger partial charge in [0.05, 0.1) is 0 Å². The first kappa shape index (κ1) is 16.7. The van der Waals surface area contributed by atoms with E-state index in [2.05, 4.69) is 5.10 Å². The van der Waals surface area contributed by atoms with Crippen LogP contribution in [0, 0.1) is 0 Å². The van der Waals surface area contributed by atoms with Gasteiger partial charge in [0.25, 0.3) is 5.56 Å². The summed E-state index contributed by atoms with van der Waals surface area (Å²) >= 11 is 5.89. The molecule has 0 amide bonds. The fourth-order valence-electron chi connectivity index (χ4n) is 2.83. The molecule has 0 radical (unpaired) electrons. The van der Waals surface area contributed by atoms with Crippen molar-refractivity contribution in [2.75, 3.05) is 0 Å². The monoisotopic (exact) mass is 378 g/mol. The van der Waals surface area contributed by atoms with Crippen LogP contribution < -0.4 is 5.56 Å². The Labute approximate surface area is 149 Å². The van der Waals surface area contributed by atoms with Crippen LogP contribution in [-0.2, 0) is 6.54 Å². The predicted octanol–water partition coefficient (Wildman–Crippen LogP) is 4.98. The summed E-state index contributed by atoms with van der Waals surface area (Å²) in [6, 6.07) is 13.2. The van der Waals surface area contributed by atoms with E-state index in [0.717, 1.165) is 0 Å². The molecule has 0 fully saturated rings. The van der Waals surface area contributed by atoms with E-state index in [-0.39, 0.29) is 17.0 Å². The van der Waals surface area contributed by atoms with Crippen LogP contribution in [-0.4, -0.2) is 16.0 Å². The summed E-state index contributed by atoms with van der Waals surface area (Å²) in [5.41, 5.74) is 0.272. The maximum atomic E-state index is 12.8. The molecule has 26 heavy (non-hydrogen) atoms. The molecule has 0 aromatic heterocycles. The van der Waals surface area contributed by atoms with Gasteiger partial charge in [-0.05, 0) is 36.4 Å². The Morgan fingerprint density at radius 1 is 1.08 bits per heavy atom. The highest BCUT2D eigenvalue weighted by Crippen LogP contribution is 2.37. The van der Waals surface area contributed by atoms with Gasteiger partial charge in [-0.25, -0.2) is 4.68 Å². The Kier molecular flexibility index (Phi) is 3.77. The van der Waals surface area contributed by atoms with Crippen molar-refractivity contribution < 1.29 is 17.6 Å². The Morgan fingerprint density at radius 3 is 2.46 bits per heavy atom. The Morgan fingerprint density at radius 2 is 1.77 bits per heavy atom. The molecule has 0 saturated carbocycles. The van der Waals surface area contributed by atoms with E-state index in [1.165, 1.54) is 0 Å². The summed E-state index contributed by atoms with van der Waals surface area (Å²) in [6.45, 7) is -1.46. The largest absolute Gasteiger partial charge is 0.455 e. The van der Waals surface area contributed by atoms with Crippen molar-refractivity contribution in [3.8, 4) is 22.6 Å². The van der Waals surface area contributed by atoms with E-state index in [0.29, 0.717) is 26.2 Å². The predicted molar refractivity (Wildman–Crippen MR) is 91.4 cm³/mol. The zero-order valence-electron chi connectivity index (χ0n) is 13.0. The van der Waals surface area contributed by atoms with E-state index in [4.69, 9.17) is 16.0 Å². The second-order valence-electron chi connectivity index (χ2n) is 5.74. The molecule has 2 aromatic carbocycles. The molecule has 0 unspecified atom stereocenters. The Bertz CT molecular complexity index is 1130. The minimum atomic E-state index is -4.56. The van der Waals surface area contributed by atoms with Crippen molar-refractivity contribution in [3.63, 3.8) is 0 Å². The van der Waals surface area contributed by atoms with Crippen molar-refractivity contribution in [2.45, 2.75) is 12.7 Å². The molecule has 0 bridgehead atoms. The molecule has 4 nitrogen and oxygen atoms in total. The van der Waals surface area contributed by atoms with Crippen molar-refractivity contribution in [1.82, 2.24) is 9.78 Å². The molecule has 0 atom stereocenters. The highest BCUT2D eigenvalue weighted by molar-refractivity contribution is 6.30. The summed E-state index contributed by atoms with van der Waals surface area (Å²) in [5, 5.41) is 4.89. The lowest BCUT2D eigenvalue weighted by molar-refractivity contribution is -0.143. The van der Waals surface area contributed by atoms with Gasteiger partial charge >= 0.3 is 6.18 Å². The Hall–Kier alpha value is -2.80. The first-order valence-corrected chi connectivity index (χ1v) is 7.96. The van der Waals surface area contributed by atoms with Gasteiger partial charge in [0, 0.05) is 16.0 Å². The minimum Gasteiger partial charge on any atom is -0.455 e. The third-order valence-electron chi connectivity index (χ3n) is 3.92. The van der Waals surface area contributed by atoms with Gasteiger partial charge in [0.1, 0.15) is 29.1 Å². The lowest BCUT2D eigenvalue weighted by atomic mass is 10.0. The van der Waals surface area contributed by atoms with Crippen LogP contribution in [0.1, 0.15) is 0 Å². The van der Waals surface area contributed by atoms with Crippen molar-refractivity contribution >= 4 is 22.6 Å². The molecule has 0 aliphatic carbocycles. The molecule has 2 aliphatic rings. The number of benzene rings is 2. The number of nitrogens with zero attached hydrogens (tertiary/aromatic N) is 2. The number of alkyl halides is 3. The number of fused-ring (bicyclic) bond motifs is 3. The Balaban J connectivity index is 2.07. The molecule has 0 saturated heterocycles. The van der Waals surface area contributed by atoms with Gasteiger partial charge in [0.2, 0.25) is 0 Å².